The molecule has 29 heavy (non-hydrogen) atoms. The third-order valence-electron chi connectivity index (χ3n) is 5.02. The lowest BCUT2D eigenvalue weighted by atomic mass is 9.87. The maximum absolute atomic E-state index is 14.8. The Morgan fingerprint density at radius 3 is 2.48 bits per heavy atom. The second-order valence-corrected chi connectivity index (χ2v) is 7.17. The van der Waals surface area contributed by atoms with Gasteiger partial charge in [0.1, 0.15) is 11.6 Å². The lowest BCUT2D eigenvalue weighted by Crippen LogP contribution is -1.97. The highest BCUT2D eigenvalue weighted by atomic mass is 35.5. The quantitative estimate of drug-likeness (QED) is 0.373. The molecule has 0 spiro atoms. The maximum Gasteiger partial charge on any atom is 0.132 e. The number of methoxy groups -OCH3 is 1. The molecule has 0 amide bonds. The van der Waals surface area contributed by atoms with Crippen LogP contribution in [0.15, 0.2) is 66.9 Å². The van der Waals surface area contributed by atoms with E-state index >= 15 is 0 Å². The number of rotatable bonds is 5. The molecule has 0 radical (unpaired) electrons. The van der Waals surface area contributed by atoms with Gasteiger partial charge >= 0.3 is 0 Å². The fourth-order valence-corrected chi connectivity index (χ4v) is 3.77. The molecule has 5 heteroatoms. The minimum absolute atomic E-state index is 0.329. The van der Waals surface area contributed by atoms with Crippen LogP contribution in [0.5, 0.6) is 5.75 Å². The zero-order chi connectivity index (χ0) is 20.4. The lowest BCUT2D eigenvalue weighted by molar-refractivity contribution is 0.415. The summed E-state index contributed by atoms with van der Waals surface area (Å²) in [5.74, 6) is 0.443. The SMILES string of the molecule is CC/C(=C(/c1ccc(OC)cc1)c1ccc2[nH]ncc2c1)c1ccc(Cl)cc1F. The largest absolute Gasteiger partial charge is 0.497 e. The molecule has 0 fully saturated rings. The Balaban J connectivity index is 2.00. The van der Waals surface area contributed by atoms with E-state index in [1.165, 1.54) is 6.07 Å². The molecule has 4 rings (SSSR count). The number of benzene rings is 3. The molecule has 3 aromatic carbocycles. The summed E-state index contributed by atoms with van der Waals surface area (Å²) in [5, 5.41) is 8.47. The van der Waals surface area contributed by atoms with Crippen molar-refractivity contribution in [3.8, 4) is 5.75 Å². The number of hydrogen-bond acceptors (Lipinski definition) is 2. The molecule has 0 aliphatic rings. The number of aromatic nitrogens is 2. The van der Waals surface area contributed by atoms with E-state index in [0.717, 1.165) is 38.9 Å². The van der Waals surface area contributed by atoms with Crippen molar-refractivity contribution in [2.75, 3.05) is 7.11 Å². The molecule has 146 valence electrons. The van der Waals surface area contributed by atoms with E-state index in [2.05, 4.69) is 16.3 Å². The molecule has 1 heterocycles. The normalized spacial score (nSPS) is 12.1. The number of hydrogen-bond donors (Lipinski definition) is 1. The van der Waals surface area contributed by atoms with Gasteiger partial charge in [-0.3, -0.25) is 5.10 Å². The van der Waals surface area contributed by atoms with E-state index in [-0.39, 0.29) is 5.82 Å². The van der Waals surface area contributed by atoms with Gasteiger partial charge in [0.15, 0.2) is 0 Å². The highest BCUT2D eigenvalue weighted by Gasteiger charge is 2.17. The van der Waals surface area contributed by atoms with Gasteiger partial charge in [-0.2, -0.15) is 5.10 Å². The van der Waals surface area contributed by atoms with Gasteiger partial charge in [0.05, 0.1) is 18.8 Å². The van der Waals surface area contributed by atoms with Crippen LogP contribution in [0.2, 0.25) is 5.02 Å². The summed E-state index contributed by atoms with van der Waals surface area (Å²) in [7, 11) is 1.64. The summed E-state index contributed by atoms with van der Waals surface area (Å²) in [6.07, 6.45) is 2.45. The van der Waals surface area contributed by atoms with Gasteiger partial charge in [0.2, 0.25) is 0 Å². The summed E-state index contributed by atoms with van der Waals surface area (Å²) in [4.78, 5) is 0. The first kappa shape index (κ1) is 19.2. The van der Waals surface area contributed by atoms with E-state index in [4.69, 9.17) is 16.3 Å². The Morgan fingerprint density at radius 1 is 1.03 bits per heavy atom. The molecule has 1 aromatic heterocycles. The maximum atomic E-state index is 14.8. The number of nitrogens with zero attached hydrogens (tertiary/aromatic N) is 1. The van der Waals surface area contributed by atoms with Gasteiger partial charge in [-0.15, -0.1) is 0 Å². The van der Waals surface area contributed by atoms with E-state index in [1.54, 1.807) is 25.4 Å². The first-order chi connectivity index (χ1) is 14.1. The van der Waals surface area contributed by atoms with E-state index in [9.17, 15) is 4.39 Å². The molecular formula is C24H20ClFN2O. The number of allylic oxidation sites excluding steroid dienone is 1. The number of aromatic amines is 1. The van der Waals surface area contributed by atoms with E-state index < -0.39 is 0 Å². The molecule has 3 nitrogen and oxygen atoms in total. The standard InChI is InChI=1S/C24H20ClFN2O/c1-3-20(21-10-7-18(25)13-22(21)26)24(15-4-8-19(29-2)9-5-15)16-6-11-23-17(12-16)14-27-28-23/h4-14H,3H2,1-2H3,(H,27,28)/b24-20+. The monoisotopic (exact) mass is 406 g/mol. The van der Waals surface area contributed by atoms with Gasteiger partial charge in [-0.1, -0.05) is 42.8 Å². The Bertz CT molecular complexity index is 1200. The number of H-pyrrole nitrogens is 1. The molecule has 0 saturated carbocycles. The number of ether oxygens (including phenoxy) is 1. The molecule has 0 bridgehead atoms. The van der Waals surface area contributed by atoms with Crippen molar-refractivity contribution in [1.82, 2.24) is 10.2 Å². The highest BCUT2D eigenvalue weighted by Crippen LogP contribution is 2.37. The Morgan fingerprint density at radius 2 is 1.79 bits per heavy atom. The molecule has 0 atom stereocenters. The molecule has 0 unspecified atom stereocenters. The summed E-state index contributed by atoms with van der Waals surface area (Å²) in [5.41, 5.74) is 5.37. The van der Waals surface area contributed by atoms with Crippen LogP contribution in [0.3, 0.4) is 0 Å². The average Bonchev–Trinajstić information content (AvgIpc) is 3.20. The zero-order valence-electron chi connectivity index (χ0n) is 16.2. The fourth-order valence-electron chi connectivity index (χ4n) is 3.61. The van der Waals surface area contributed by atoms with E-state index in [1.807, 2.05) is 43.3 Å². The third kappa shape index (κ3) is 3.76. The van der Waals surface area contributed by atoms with Crippen LogP contribution in [0.25, 0.3) is 22.0 Å². The summed E-state index contributed by atoms with van der Waals surface area (Å²) in [6, 6.07) is 18.7. The molecule has 0 saturated heterocycles. The van der Waals surface area contributed by atoms with Gasteiger partial charge in [-0.25, -0.2) is 4.39 Å². The van der Waals surface area contributed by atoms with Crippen LogP contribution in [-0.2, 0) is 0 Å². The van der Waals surface area contributed by atoms with Crippen molar-refractivity contribution in [1.29, 1.82) is 0 Å². The smallest absolute Gasteiger partial charge is 0.132 e. The minimum atomic E-state index is -0.329. The predicted molar refractivity (Wildman–Crippen MR) is 117 cm³/mol. The third-order valence-corrected chi connectivity index (χ3v) is 5.25. The van der Waals surface area contributed by atoms with E-state index in [0.29, 0.717) is 17.0 Å². The van der Waals surface area contributed by atoms with Gasteiger partial charge in [-0.05, 0) is 65.1 Å². The number of fused-ring (bicyclic) bond motifs is 1. The summed E-state index contributed by atoms with van der Waals surface area (Å²) < 4.78 is 20.2. The predicted octanol–water partition coefficient (Wildman–Crippen LogP) is 6.73. The molecule has 0 aliphatic heterocycles. The van der Waals surface area contributed by atoms with Crippen molar-refractivity contribution < 1.29 is 9.13 Å². The number of nitrogens with one attached hydrogen (secondary N) is 1. The van der Waals surface area contributed by atoms with Crippen LogP contribution in [-0.4, -0.2) is 17.3 Å². The fraction of sp³-hybridized carbons (Fsp3) is 0.125. The number of halogens is 2. The van der Waals surface area contributed by atoms with Crippen molar-refractivity contribution in [2.24, 2.45) is 0 Å². The van der Waals surface area contributed by atoms with Crippen LogP contribution < -0.4 is 4.74 Å². The van der Waals surface area contributed by atoms with Crippen molar-refractivity contribution in [3.05, 3.63) is 94.4 Å². The van der Waals surface area contributed by atoms with Crippen molar-refractivity contribution in [2.45, 2.75) is 13.3 Å². The van der Waals surface area contributed by atoms with Crippen LogP contribution in [0.1, 0.15) is 30.0 Å². The second-order valence-electron chi connectivity index (χ2n) is 6.73. The Kier molecular flexibility index (Phi) is 5.36. The zero-order valence-corrected chi connectivity index (χ0v) is 16.9. The first-order valence-corrected chi connectivity index (χ1v) is 9.75. The first-order valence-electron chi connectivity index (χ1n) is 9.37. The van der Waals surface area contributed by atoms with Gasteiger partial charge < -0.3 is 4.74 Å². The van der Waals surface area contributed by atoms with Crippen molar-refractivity contribution in [3.63, 3.8) is 0 Å². The summed E-state index contributed by atoms with van der Waals surface area (Å²) >= 11 is 5.98. The van der Waals surface area contributed by atoms with Crippen LogP contribution in [0, 0.1) is 5.82 Å². The topological polar surface area (TPSA) is 37.9 Å². The Labute approximate surface area is 173 Å². The van der Waals surface area contributed by atoms with Crippen LogP contribution >= 0.6 is 11.6 Å². The highest BCUT2D eigenvalue weighted by molar-refractivity contribution is 6.30. The second kappa shape index (κ2) is 8.10. The van der Waals surface area contributed by atoms with Gasteiger partial charge in [0.25, 0.3) is 0 Å². The average molecular weight is 407 g/mol. The molecule has 1 N–H and O–H groups in total. The molecule has 4 aromatic rings. The minimum Gasteiger partial charge on any atom is -0.497 e. The lowest BCUT2D eigenvalue weighted by Gasteiger charge is -2.17. The molecular weight excluding hydrogens is 387 g/mol. The molecule has 0 aliphatic carbocycles. The van der Waals surface area contributed by atoms with Gasteiger partial charge in [0, 0.05) is 16.0 Å². The summed E-state index contributed by atoms with van der Waals surface area (Å²) in [6.45, 7) is 2.03. The Hall–Kier alpha value is -3.11. The van der Waals surface area contributed by atoms with Crippen molar-refractivity contribution >= 4 is 33.7 Å². The van der Waals surface area contributed by atoms with Crippen LogP contribution in [0.4, 0.5) is 4.39 Å².